The number of aromatic nitrogens is 2. The van der Waals surface area contributed by atoms with Gasteiger partial charge in [-0.15, -0.1) is 0 Å². The molecule has 0 aliphatic rings. The minimum Gasteiger partial charge on any atom is -0.375 e. The first kappa shape index (κ1) is 17.9. The summed E-state index contributed by atoms with van der Waals surface area (Å²) >= 11 is 0. The Kier molecular flexibility index (Phi) is 4.64. The highest BCUT2D eigenvalue weighted by atomic mass is 32.2. The maximum Gasteiger partial charge on any atom is 0.534 e. The second-order valence-electron chi connectivity index (χ2n) is 5.14. The molecule has 0 spiro atoms. The van der Waals surface area contributed by atoms with Crippen molar-refractivity contribution >= 4 is 10.1 Å². The van der Waals surface area contributed by atoms with Crippen molar-refractivity contribution in [2.45, 2.75) is 5.51 Å². The fourth-order valence-corrected chi connectivity index (χ4v) is 2.61. The number of para-hydroxylation sites is 1. The average molecular weight is 380 g/mol. The zero-order chi connectivity index (χ0) is 18.8. The van der Waals surface area contributed by atoms with Crippen LogP contribution in [0.25, 0.3) is 22.5 Å². The summed E-state index contributed by atoms with van der Waals surface area (Å²) in [7, 11) is -5.79. The fourth-order valence-electron chi connectivity index (χ4n) is 2.14. The number of alkyl halides is 3. The third-order valence-electron chi connectivity index (χ3n) is 3.37. The zero-order valence-electron chi connectivity index (χ0n) is 13.0. The van der Waals surface area contributed by atoms with Crippen molar-refractivity contribution in [2.24, 2.45) is 0 Å². The van der Waals surface area contributed by atoms with Gasteiger partial charge >= 0.3 is 15.6 Å². The molecule has 9 heteroatoms. The Hall–Kier alpha value is -2.94. The Morgan fingerprint density at radius 1 is 0.808 bits per heavy atom. The van der Waals surface area contributed by atoms with E-state index in [1.807, 2.05) is 30.3 Å². The first-order chi connectivity index (χ1) is 12.3. The lowest BCUT2D eigenvalue weighted by molar-refractivity contribution is -0.0499. The van der Waals surface area contributed by atoms with Crippen molar-refractivity contribution in [2.75, 3.05) is 0 Å². The van der Waals surface area contributed by atoms with Crippen LogP contribution in [-0.4, -0.2) is 23.9 Å². The number of nitrogens with zero attached hydrogens (tertiary/aromatic N) is 2. The zero-order valence-corrected chi connectivity index (χ0v) is 13.8. The smallest absolute Gasteiger partial charge is 0.375 e. The van der Waals surface area contributed by atoms with Crippen LogP contribution < -0.4 is 4.18 Å². The lowest BCUT2D eigenvalue weighted by Crippen LogP contribution is -2.28. The summed E-state index contributed by atoms with van der Waals surface area (Å²) in [6.07, 6.45) is 2.99. The van der Waals surface area contributed by atoms with Gasteiger partial charge in [0.15, 0.2) is 11.6 Å². The molecule has 1 aromatic heterocycles. The van der Waals surface area contributed by atoms with E-state index in [9.17, 15) is 21.6 Å². The van der Waals surface area contributed by atoms with Crippen LogP contribution in [-0.2, 0) is 10.1 Å². The van der Waals surface area contributed by atoms with E-state index in [0.717, 1.165) is 11.6 Å². The molecule has 0 unspecified atom stereocenters. The van der Waals surface area contributed by atoms with Gasteiger partial charge in [-0.2, -0.15) is 21.6 Å². The summed E-state index contributed by atoms with van der Waals surface area (Å²) in [6, 6.07) is 14.6. The van der Waals surface area contributed by atoms with E-state index in [1.54, 1.807) is 0 Å². The minimum atomic E-state index is -5.79. The molecule has 134 valence electrons. The molecule has 5 nitrogen and oxygen atoms in total. The third kappa shape index (κ3) is 3.67. The summed E-state index contributed by atoms with van der Waals surface area (Å²) in [5.41, 5.74) is -3.93. The molecule has 0 saturated carbocycles. The quantitative estimate of drug-likeness (QED) is 0.505. The molecule has 0 saturated heterocycles. The molecule has 26 heavy (non-hydrogen) atoms. The number of hydrogen-bond donors (Lipinski definition) is 0. The van der Waals surface area contributed by atoms with Gasteiger partial charge < -0.3 is 4.18 Å². The second kappa shape index (κ2) is 6.75. The maximum absolute atomic E-state index is 12.5. The first-order valence-corrected chi connectivity index (χ1v) is 8.66. The Morgan fingerprint density at radius 3 is 2.00 bits per heavy atom. The lowest BCUT2D eigenvalue weighted by Gasteiger charge is -2.12. The van der Waals surface area contributed by atoms with Gasteiger partial charge in [0.1, 0.15) is 0 Å². The van der Waals surface area contributed by atoms with E-state index in [2.05, 4.69) is 14.2 Å². The normalized spacial score (nSPS) is 12.0. The maximum atomic E-state index is 12.5. The minimum absolute atomic E-state index is 0.0277. The van der Waals surface area contributed by atoms with Gasteiger partial charge in [0.2, 0.25) is 0 Å². The van der Waals surface area contributed by atoms with Crippen molar-refractivity contribution < 1.29 is 25.8 Å². The molecule has 0 N–H and O–H groups in total. The molecule has 0 fully saturated rings. The van der Waals surface area contributed by atoms with E-state index >= 15 is 0 Å². The van der Waals surface area contributed by atoms with Gasteiger partial charge in [0.05, 0.1) is 5.56 Å². The van der Waals surface area contributed by atoms with Crippen LogP contribution in [0.4, 0.5) is 13.2 Å². The van der Waals surface area contributed by atoms with Crippen LogP contribution in [0.1, 0.15) is 0 Å². The van der Waals surface area contributed by atoms with E-state index in [4.69, 9.17) is 0 Å². The van der Waals surface area contributed by atoms with E-state index < -0.39 is 21.4 Å². The largest absolute Gasteiger partial charge is 0.534 e. The van der Waals surface area contributed by atoms with E-state index in [-0.39, 0.29) is 11.4 Å². The van der Waals surface area contributed by atoms with Gasteiger partial charge in [-0.1, -0.05) is 42.5 Å². The molecule has 0 amide bonds. The van der Waals surface area contributed by atoms with Gasteiger partial charge in [0.25, 0.3) is 0 Å². The predicted octanol–water partition coefficient (Wildman–Crippen LogP) is 4.04. The number of hydrogen-bond acceptors (Lipinski definition) is 5. The summed E-state index contributed by atoms with van der Waals surface area (Å²) in [4.78, 5) is 8.22. The highest BCUT2D eigenvalue weighted by Gasteiger charge is 2.48. The topological polar surface area (TPSA) is 69.2 Å². The number of benzene rings is 2. The number of rotatable bonds is 4. The molecule has 3 aromatic rings. The molecule has 0 radical (unpaired) electrons. The van der Waals surface area contributed by atoms with Gasteiger partial charge in [-0.05, 0) is 17.7 Å². The van der Waals surface area contributed by atoms with Gasteiger partial charge in [-0.25, -0.2) is 9.97 Å². The Balaban J connectivity index is 1.96. The monoisotopic (exact) mass is 380 g/mol. The SMILES string of the molecule is O=S(=O)(Oc1ccccc1-c1ncc(-c2ccccc2)cn1)C(F)(F)F. The summed E-state index contributed by atoms with van der Waals surface area (Å²) in [5.74, 6) is -0.463. The Morgan fingerprint density at radius 2 is 1.38 bits per heavy atom. The molecule has 0 bridgehead atoms. The highest BCUT2D eigenvalue weighted by Crippen LogP contribution is 2.33. The standard InChI is InChI=1S/C17H11F3N2O3S/c18-17(19,20)26(23,24)25-15-9-5-4-8-14(15)16-21-10-13(11-22-16)12-6-2-1-3-7-12/h1-11H. The van der Waals surface area contributed by atoms with Crippen LogP contribution in [0.15, 0.2) is 67.0 Å². The summed E-state index contributed by atoms with van der Waals surface area (Å²) in [6.45, 7) is 0. The molecule has 0 atom stereocenters. The third-order valence-corrected chi connectivity index (χ3v) is 4.34. The molecular weight excluding hydrogens is 369 g/mol. The molecule has 0 aliphatic carbocycles. The molecule has 0 aliphatic heterocycles. The molecular formula is C17H11F3N2O3S. The van der Waals surface area contributed by atoms with Crippen LogP contribution in [0, 0.1) is 0 Å². The van der Waals surface area contributed by atoms with Crippen LogP contribution in [0.3, 0.4) is 0 Å². The molecule has 3 rings (SSSR count). The van der Waals surface area contributed by atoms with Gasteiger partial charge in [0, 0.05) is 18.0 Å². The Bertz CT molecular complexity index is 1010. The van der Waals surface area contributed by atoms with Gasteiger partial charge in [-0.3, -0.25) is 0 Å². The molecule has 1 heterocycles. The van der Waals surface area contributed by atoms with Crippen LogP contribution in [0.2, 0.25) is 0 Å². The van der Waals surface area contributed by atoms with Crippen molar-refractivity contribution in [1.82, 2.24) is 9.97 Å². The highest BCUT2D eigenvalue weighted by molar-refractivity contribution is 7.88. The summed E-state index contributed by atoms with van der Waals surface area (Å²) < 4.78 is 64.4. The van der Waals surface area contributed by atoms with Crippen molar-refractivity contribution in [3.63, 3.8) is 0 Å². The van der Waals surface area contributed by atoms with Crippen LogP contribution >= 0.6 is 0 Å². The van der Waals surface area contributed by atoms with E-state index in [0.29, 0.717) is 5.56 Å². The Labute approximate surface area is 147 Å². The van der Waals surface area contributed by atoms with Crippen molar-refractivity contribution in [1.29, 1.82) is 0 Å². The predicted molar refractivity (Wildman–Crippen MR) is 88.5 cm³/mol. The van der Waals surface area contributed by atoms with E-state index in [1.165, 1.54) is 30.6 Å². The van der Waals surface area contributed by atoms with Crippen LogP contribution in [0.5, 0.6) is 5.75 Å². The first-order valence-electron chi connectivity index (χ1n) is 7.25. The fraction of sp³-hybridized carbons (Fsp3) is 0.0588. The van der Waals surface area contributed by atoms with Crippen molar-refractivity contribution in [3.8, 4) is 28.3 Å². The number of halogens is 3. The second-order valence-corrected chi connectivity index (χ2v) is 6.68. The summed E-state index contributed by atoms with van der Waals surface area (Å²) in [5, 5.41) is 0. The molecule has 2 aromatic carbocycles. The van der Waals surface area contributed by atoms with Crippen molar-refractivity contribution in [3.05, 3.63) is 67.0 Å². The lowest BCUT2D eigenvalue weighted by atomic mass is 10.1. The average Bonchev–Trinajstić information content (AvgIpc) is 2.62.